The Morgan fingerprint density at radius 2 is 1.53 bits per heavy atom. The summed E-state index contributed by atoms with van der Waals surface area (Å²) in [5.41, 5.74) is 2.92. The molecule has 1 aromatic heterocycles. The third-order valence-electron chi connectivity index (χ3n) is 5.71. The Morgan fingerprint density at radius 3 is 2.10 bits per heavy atom. The molecule has 30 heavy (non-hydrogen) atoms. The molecular formula is C24H28N2O2S2. The number of sulfonamides is 1. The van der Waals surface area contributed by atoms with E-state index in [2.05, 4.69) is 22.4 Å². The largest absolute Gasteiger partial charge is 0.298 e. The summed E-state index contributed by atoms with van der Waals surface area (Å²) >= 11 is 1.78. The number of rotatable bonds is 6. The second-order valence-electron chi connectivity index (χ2n) is 8.04. The Kier molecular flexibility index (Phi) is 6.27. The minimum Gasteiger partial charge on any atom is -0.298 e. The van der Waals surface area contributed by atoms with Gasteiger partial charge in [0.25, 0.3) is 10.0 Å². The maximum atomic E-state index is 13.7. The van der Waals surface area contributed by atoms with Crippen molar-refractivity contribution in [2.24, 2.45) is 0 Å². The molecule has 0 aliphatic carbocycles. The Bertz CT molecular complexity index is 1050. The summed E-state index contributed by atoms with van der Waals surface area (Å²) in [6, 6.07) is 19.2. The molecule has 2 aromatic carbocycles. The number of hydrogen-bond acceptors (Lipinski definition) is 4. The van der Waals surface area contributed by atoms with Crippen molar-refractivity contribution in [2.75, 3.05) is 17.4 Å². The van der Waals surface area contributed by atoms with Gasteiger partial charge in [-0.25, -0.2) is 8.42 Å². The molecule has 0 radical (unpaired) electrons. The predicted molar refractivity (Wildman–Crippen MR) is 125 cm³/mol. The Hall–Kier alpha value is -2.15. The number of piperidine rings is 1. The van der Waals surface area contributed by atoms with Crippen LogP contribution in [0.3, 0.4) is 0 Å². The van der Waals surface area contributed by atoms with Crippen molar-refractivity contribution in [3.63, 3.8) is 0 Å². The first kappa shape index (κ1) is 21.1. The van der Waals surface area contributed by atoms with Gasteiger partial charge in [-0.15, -0.1) is 11.3 Å². The van der Waals surface area contributed by atoms with Crippen LogP contribution in [0.5, 0.6) is 0 Å². The van der Waals surface area contributed by atoms with Crippen molar-refractivity contribution in [3.05, 3.63) is 82.0 Å². The zero-order chi connectivity index (χ0) is 21.1. The highest BCUT2D eigenvalue weighted by Crippen LogP contribution is 2.31. The van der Waals surface area contributed by atoms with Crippen LogP contribution in [0.25, 0.3) is 0 Å². The van der Waals surface area contributed by atoms with Gasteiger partial charge in [0.1, 0.15) is 0 Å². The maximum absolute atomic E-state index is 13.7. The molecule has 0 amide bonds. The summed E-state index contributed by atoms with van der Waals surface area (Å²) in [5, 5.41) is 2.11. The lowest BCUT2D eigenvalue weighted by atomic mass is 10.0. The van der Waals surface area contributed by atoms with Crippen LogP contribution in [0.2, 0.25) is 0 Å². The molecule has 4 rings (SSSR count). The minimum atomic E-state index is -3.63. The van der Waals surface area contributed by atoms with Gasteiger partial charge in [-0.2, -0.15) is 0 Å². The van der Waals surface area contributed by atoms with E-state index in [0.29, 0.717) is 4.90 Å². The molecule has 0 unspecified atom stereocenters. The number of aryl methyl sites for hydroxylation is 2. The summed E-state index contributed by atoms with van der Waals surface area (Å²) in [6.45, 7) is 6.73. The van der Waals surface area contributed by atoms with Gasteiger partial charge < -0.3 is 0 Å². The maximum Gasteiger partial charge on any atom is 0.264 e. The van der Waals surface area contributed by atoms with Crippen LogP contribution < -0.4 is 4.31 Å². The van der Waals surface area contributed by atoms with Gasteiger partial charge in [0, 0.05) is 30.6 Å². The summed E-state index contributed by atoms with van der Waals surface area (Å²) in [7, 11) is -3.63. The minimum absolute atomic E-state index is 0.0430. The number of likely N-dealkylation sites (tertiary alicyclic amines) is 1. The lowest BCUT2D eigenvalue weighted by Crippen LogP contribution is -2.47. The predicted octanol–water partition coefficient (Wildman–Crippen LogP) is 5.22. The smallest absolute Gasteiger partial charge is 0.264 e. The third-order valence-corrected chi connectivity index (χ3v) is 8.47. The van der Waals surface area contributed by atoms with E-state index in [0.717, 1.165) is 49.3 Å². The van der Waals surface area contributed by atoms with Crippen LogP contribution in [-0.4, -0.2) is 32.4 Å². The van der Waals surface area contributed by atoms with Crippen molar-refractivity contribution >= 4 is 27.0 Å². The molecule has 4 nitrogen and oxygen atoms in total. The van der Waals surface area contributed by atoms with E-state index in [-0.39, 0.29) is 6.04 Å². The molecule has 0 N–H and O–H groups in total. The van der Waals surface area contributed by atoms with Crippen molar-refractivity contribution in [1.29, 1.82) is 0 Å². The van der Waals surface area contributed by atoms with E-state index in [1.807, 2.05) is 50.2 Å². The molecule has 158 valence electrons. The fraction of sp³-hybridized carbons (Fsp3) is 0.333. The molecule has 2 heterocycles. The fourth-order valence-electron chi connectivity index (χ4n) is 4.00. The highest BCUT2D eigenvalue weighted by molar-refractivity contribution is 7.92. The number of thiophene rings is 1. The zero-order valence-corrected chi connectivity index (χ0v) is 19.1. The van der Waals surface area contributed by atoms with Gasteiger partial charge >= 0.3 is 0 Å². The van der Waals surface area contributed by atoms with Crippen molar-refractivity contribution in [2.45, 2.75) is 44.2 Å². The first-order valence-corrected chi connectivity index (χ1v) is 12.7. The van der Waals surface area contributed by atoms with Gasteiger partial charge in [-0.05, 0) is 62.4 Å². The molecule has 0 atom stereocenters. The number of anilines is 1. The normalized spacial score (nSPS) is 15.9. The average molecular weight is 441 g/mol. The van der Waals surface area contributed by atoms with Crippen LogP contribution >= 0.6 is 11.3 Å². The van der Waals surface area contributed by atoms with Crippen LogP contribution in [0.1, 0.15) is 28.8 Å². The van der Waals surface area contributed by atoms with Gasteiger partial charge in [0.05, 0.1) is 10.6 Å². The molecular weight excluding hydrogens is 412 g/mol. The number of hydrogen-bond donors (Lipinski definition) is 0. The van der Waals surface area contributed by atoms with Gasteiger partial charge in [-0.1, -0.05) is 41.5 Å². The molecule has 0 bridgehead atoms. The first-order chi connectivity index (χ1) is 14.4. The van der Waals surface area contributed by atoms with Crippen LogP contribution in [-0.2, 0) is 16.6 Å². The second-order valence-corrected chi connectivity index (χ2v) is 10.9. The van der Waals surface area contributed by atoms with Gasteiger partial charge in [0.2, 0.25) is 0 Å². The summed E-state index contributed by atoms with van der Waals surface area (Å²) in [4.78, 5) is 4.14. The SMILES string of the molecule is Cc1ccc(N(C2CCN(Cc3cccs3)CC2)S(=O)(=O)c2ccc(C)cc2)cc1. The van der Waals surface area contributed by atoms with Crippen molar-refractivity contribution in [3.8, 4) is 0 Å². The molecule has 3 aromatic rings. The molecule has 1 aliphatic heterocycles. The van der Waals surface area contributed by atoms with E-state index in [1.165, 1.54) is 4.88 Å². The highest BCUT2D eigenvalue weighted by Gasteiger charge is 2.34. The summed E-state index contributed by atoms with van der Waals surface area (Å²) in [6.07, 6.45) is 1.65. The Balaban J connectivity index is 1.60. The molecule has 6 heteroatoms. The third kappa shape index (κ3) is 4.61. The van der Waals surface area contributed by atoms with E-state index in [9.17, 15) is 8.42 Å². The average Bonchev–Trinajstić information content (AvgIpc) is 3.24. The molecule has 1 fully saturated rings. The van der Waals surface area contributed by atoms with E-state index in [1.54, 1.807) is 27.8 Å². The molecule has 1 saturated heterocycles. The fourth-order valence-corrected chi connectivity index (χ4v) is 6.45. The lowest BCUT2D eigenvalue weighted by molar-refractivity contribution is 0.208. The molecule has 0 saturated carbocycles. The van der Waals surface area contributed by atoms with Crippen LogP contribution in [0.15, 0.2) is 70.9 Å². The van der Waals surface area contributed by atoms with E-state index < -0.39 is 10.0 Å². The standard InChI is InChI=1S/C24H28N2O2S2/c1-19-5-9-21(10-6-19)26(30(27,28)24-11-7-20(2)8-12-24)22-13-15-25(16-14-22)18-23-4-3-17-29-23/h3-12,17,22H,13-16,18H2,1-2H3. The quantitative estimate of drug-likeness (QED) is 0.527. The van der Waals surface area contributed by atoms with Crippen LogP contribution in [0, 0.1) is 13.8 Å². The zero-order valence-electron chi connectivity index (χ0n) is 17.5. The second kappa shape index (κ2) is 8.92. The van der Waals surface area contributed by atoms with E-state index >= 15 is 0 Å². The van der Waals surface area contributed by atoms with Gasteiger partial charge in [-0.3, -0.25) is 9.21 Å². The summed E-state index contributed by atoms with van der Waals surface area (Å²) < 4.78 is 29.0. The molecule has 0 spiro atoms. The van der Waals surface area contributed by atoms with Gasteiger partial charge in [0.15, 0.2) is 0 Å². The van der Waals surface area contributed by atoms with E-state index in [4.69, 9.17) is 0 Å². The first-order valence-electron chi connectivity index (χ1n) is 10.4. The van der Waals surface area contributed by atoms with Crippen molar-refractivity contribution in [1.82, 2.24) is 4.90 Å². The van der Waals surface area contributed by atoms with Crippen molar-refractivity contribution < 1.29 is 8.42 Å². The number of benzene rings is 2. The highest BCUT2D eigenvalue weighted by atomic mass is 32.2. The summed E-state index contributed by atoms with van der Waals surface area (Å²) in [5.74, 6) is 0. The van der Waals surface area contributed by atoms with Crippen LogP contribution in [0.4, 0.5) is 5.69 Å². The Labute approximate surface area is 183 Å². The number of nitrogens with zero attached hydrogens (tertiary/aromatic N) is 2. The lowest BCUT2D eigenvalue weighted by Gasteiger charge is -2.39. The Morgan fingerprint density at radius 1 is 0.933 bits per heavy atom. The topological polar surface area (TPSA) is 40.6 Å². The monoisotopic (exact) mass is 440 g/mol. The molecule has 1 aliphatic rings.